The molecule has 0 spiro atoms. The summed E-state index contributed by atoms with van der Waals surface area (Å²) in [5.41, 5.74) is 1.99. The lowest BCUT2D eigenvalue weighted by atomic mass is 10.1. The highest BCUT2D eigenvalue weighted by molar-refractivity contribution is 5.57. The minimum Gasteiger partial charge on any atom is -0.356 e. The molecule has 3 rings (SSSR count). The summed E-state index contributed by atoms with van der Waals surface area (Å²) >= 11 is 0. The summed E-state index contributed by atoms with van der Waals surface area (Å²) in [7, 11) is 0. The largest absolute Gasteiger partial charge is 0.356 e. The van der Waals surface area contributed by atoms with E-state index >= 15 is 0 Å². The molecule has 0 N–H and O–H groups in total. The van der Waals surface area contributed by atoms with E-state index in [0.29, 0.717) is 0 Å². The molecule has 1 unspecified atom stereocenters. The van der Waals surface area contributed by atoms with Crippen LogP contribution in [-0.2, 0) is 4.74 Å². The van der Waals surface area contributed by atoms with Crippen LogP contribution in [0.5, 0.6) is 0 Å². The smallest absolute Gasteiger partial charge is 0.151 e. The van der Waals surface area contributed by atoms with Crippen LogP contribution >= 0.6 is 0 Å². The van der Waals surface area contributed by atoms with Gasteiger partial charge in [0.1, 0.15) is 5.69 Å². The van der Waals surface area contributed by atoms with Crippen LogP contribution in [0.25, 0.3) is 11.3 Å². The first-order valence-corrected chi connectivity index (χ1v) is 6.02. The van der Waals surface area contributed by atoms with E-state index in [0.717, 1.165) is 30.7 Å². The fourth-order valence-corrected chi connectivity index (χ4v) is 2.09. The summed E-state index contributed by atoms with van der Waals surface area (Å²) in [6, 6.07) is 10.1. The van der Waals surface area contributed by atoms with Gasteiger partial charge in [-0.25, -0.2) is 4.68 Å². The molecule has 1 aliphatic rings. The molecule has 88 valence electrons. The van der Waals surface area contributed by atoms with Crippen molar-refractivity contribution < 1.29 is 4.74 Å². The van der Waals surface area contributed by atoms with Crippen molar-refractivity contribution >= 4 is 0 Å². The third kappa shape index (κ3) is 2.22. The molecule has 1 aromatic carbocycles. The summed E-state index contributed by atoms with van der Waals surface area (Å²) in [6.45, 7) is 0.825. The molecule has 0 aliphatic carbocycles. The number of benzene rings is 1. The second-order valence-corrected chi connectivity index (χ2v) is 4.27. The van der Waals surface area contributed by atoms with E-state index < -0.39 is 0 Å². The Balaban J connectivity index is 1.83. The van der Waals surface area contributed by atoms with Crippen molar-refractivity contribution in [2.24, 2.45) is 0 Å². The van der Waals surface area contributed by atoms with Crippen molar-refractivity contribution in [1.82, 2.24) is 15.0 Å². The van der Waals surface area contributed by atoms with E-state index in [-0.39, 0.29) is 6.23 Å². The Morgan fingerprint density at radius 3 is 2.82 bits per heavy atom. The lowest BCUT2D eigenvalue weighted by molar-refractivity contribution is -0.0404. The summed E-state index contributed by atoms with van der Waals surface area (Å²) in [5, 5.41) is 8.35. The van der Waals surface area contributed by atoms with Crippen LogP contribution in [0, 0.1) is 0 Å². The van der Waals surface area contributed by atoms with Gasteiger partial charge in [-0.05, 0) is 19.3 Å². The van der Waals surface area contributed by atoms with Gasteiger partial charge in [0.05, 0.1) is 6.20 Å². The van der Waals surface area contributed by atoms with E-state index in [2.05, 4.69) is 10.3 Å². The zero-order valence-corrected chi connectivity index (χ0v) is 9.62. The quantitative estimate of drug-likeness (QED) is 0.794. The molecule has 0 radical (unpaired) electrons. The van der Waals surface area contributed by atoms with Crippen molar-refractivity contribution in [2.75, 3.05) is 6.61 Å². The van der Waals surface area contributed by atoms with E-state index in [9.17, 15) is 0 Å². The van der Waals surface area contributed by atoms with Crippen LogP contribution in [-0.4, -0.2) is 21.6 Å². The number of hydrogen-bond acceptors (Lipinski definition) is 3. The molecule has 1 fully saturated rings. The second-order valence-electron chi connectivity index (χ2n) is 4.27. The van der Waals surface area contributed by atoms with Crippen LogP contribution < -0.4 is 0 Å². The van der Waals surface area contributed by atoms with Crippen molar-refractivity contribution in [1.29, 1.82) is 0 Å². The summed E-state index contributed by atoms with van der Waals surface area (Å²) in [4.78, 5) is 0. The van der Waals surface area contributed by atoms with Gasteiger partial charge >= 0.3 is 0 Å². The number of nitrogens with zero attached hydrogens (tertiary/aromatic N) is 3. The van der Waals surface area contributed by atoms with Crippen LogP contribution in [0.1, 0.15) is 25.5 Å². The minimum absolute atomic E-state index is 0.0636. The van der Waals surface area contributed by atoms with Gasteiger partial charge in [0.15, 0.2) is 6.23 Å². The van der Waals surface area contributed by atoms with Crippen LogP contribution in [0.4, 0.5) is 0 Å². The molecule has 4 nitrogen and oxygen atoms in total. The van der Waals surface area contributed by atoms with Gasteiger partial charge in [-0.15, -0.1) is 5.10 Å². The molecule has 17 heavy (non-hydrogen) atoms. The Morgan fingerprint density at radius 2 is 2.06 bits per heavy atom. The van der Waals surface area contributed by atoms with Gasteiger partial charge in [0, 0.05) is 12.2 Å². The summed E-state index contributed by atoms with van der Waals surface area (Å²) in [5.74, 6) is 0. The zero-order chi connectivity index (χ0) is 11.5. The first kappa shape index (κ1) is 10.5. The average molecular weight is 229 g/mol. The molecule has 0 saturated carbocycles. The second kappa shape index (κ2) is 4.67. The third-order valence-corrected chi connectivity index (χ3v) is 3.03. The Hall–Kier alpha value is -1.68. The maximum Gasteiger partial charge on any atom is 0.151 e. The Kier molecular flexibility index (Phi) is 2.88. The first-order valence-electron chi connectivity index (χ1n) is 6.02. The van der Waals surface area contributed by atoms with E-state index in [1.807, 2.05) is 41.2 Å². The van der Waals surface area contributed by atoms with E-state index in [4.69, 9.17) is 4.74 Å². The van der Waals surface area contributed by atoms with E-state index in [1.165, 1.54) is 6.42 Å². The van der Waals surface area contributed by atoms with Crippen LogP contribution in [0.3, 0.4) is 0 Å². The molecular formula is C13H15N3O. The van der Waals surface area contributed by atoms with Crippen molar-refractivity contribution in [3.63, 3.8) is 0 Å². The lowest BCUT2D eigenvalue weighted by Gasteiger charge is -2.21. The van der Waals surface area contributed by atoms with Crippen molar-refractivity contribution in [3.8, 4) is 11.3 Å². The molecule has 1 aromatic heterocycles. The van der Waals surface area contributed by atoms with Gasteiger partial charge in [-0.2, -0.15) is 0 Å². The number of ether oxygens (including phenoxy) is 1. The van der Waals surface area contributed by atoms with E-state index in [1.54, 1.807) is 0 Å². The predicted molar refractivity (Wildman–Crippen MR) is 64.3 cm³/mol. The maximum absolute atomic E-state index is 5.67. The molecular weight excluding hydrogens is 214 g/mol. The van der Waals surface area contributed by atoms with Crippen molar-refractivity contribution in [3.05, 3.63) is 36.5 Å². The number of aromatic nitrogens is 3. The molecule has 0 amide bonds. The standard InChI is InChI=1S/C13H15N3O/c1-2-6-11(7-3-1)12-10-16(15-14-12)13-8-4-5-9-17-13/h1-3,6-7,10,13H,4-5,8-9H2. The Morgan fingerprint density at radius 1 is 1.18 bits per heavy atom. The van der Waals surface area contributed by atoms with Crippen LogP contribution in [0.15, 0.2) is 36.5 Å². The molecule has 4 heteroatoms. The first-order chi connectivity index (χ1) is 8.43. The fraction of sp³-hybridized carbons (Fsp3) is 0.385. The van der Waals surface area contributed by atoms with Gasteiger partial charge < -0.3 is 4.74 Å². The SMILES string of the molecule is c1ccc(-c2cn(C3CCCCO3)nn2)cc1. The molecule has 1 aliphatic heterocycles. The number of hydrogen-bond donors (Lipinski definition) is 0. The third-order valence-electron chi connectivity index (χ3n) is 3.03. The molecule has 2 aromatic rings. The molecule has 1 saturated heterocycles. The normalized spacial score (nSPS) is 20.4. The van der Waals surface area contributed by atoms with Crippen molar-refractivity contribution in [2.45, 2.75) is 25.5 Å². The Bertz CT molecular complexity index is 474. The van der Waals surface area contributed by atoms with Gasteiger partial charge in [-0.3, -0.25) is 0 Å². The Labute approximate surface area is 100 Å². The molecule has 0 bridgehead atoms. The topological polar surface area (TPSA) is 39.9 Å². The average Bonchev–Trinajstić information content (AvgIpc) is 2.90. The molecule has 1 atom stereocenters. The summed E-state index contributed by atoms with van der Waals surface area (Å²) in [6.07, 6.45) is 5.40. The zero-order valence-electron chi connectivity index (χ0n) is 9.62. The molecule has 2 heterocycles. The highest BCUT2D eigenvalue weighted by atomic mass is 16.5. The maximum atomic E-state index is 5.67. The van der Waals surface area contributed by atoms with Gasteiger partial charge in [0.2, 0.25) is 0 Å². The summed E-state index contributed by atoms with van der Waals surface area (Å²) < 4.78 is 7.51. The fourth-order valence-electron chi connectivity index (χ4n) is 2.09. The highest BCUT2D eigenvalue weighted by Crippen LogP contribution is 2.23. The highest BCUT2D eigenvalue weighted by Gasteiger charge is 2.17. The van der Waals surface area contributed by atoms with Gasteiger partial charge in [-0.1, -0.05) is 35.5 Å². The van der Waals surface area contributed by atoms with Gasteiger partial charge in [0.25, 0.3) is 0 Å². The lowest BCUT2D eigenvalue weighted by Crippen LogP contribution is -2.18. The monoisotopic (exact) mass is 229 g/mol. The van der Waals surface area contributed by atoms with Crippen LogP contribution in [0.2, 0.25) is 0 Å². The minimum atomic E-state index is 0.0636. The number of rotatable bonds is 2. The predicted octanol–water partition coefficient (Wildman–Crippen LogP) is 2.64.